The summed E-state index contributed by atoms with van der Waals surface area (Å²) in [6.07, 6.45) is 8.37. The summed E-state index contributed by atoms with van der Waals surface area (Å²) in [6, 6.07) is 0. The minimum Gasteiger partial charge on any atom is -0.511 e. The second-order valence-electron chi connectivity index (χ2n) is 11.6. The Labute approximate surface area is 211 Å². The van der Waals surface area contributed by atoms with Crippen molar-refractivity contribution in [1.82, 2.24) is 0 Å². The Morgan fingerprint density at radius 1 is 0.750 bits per heavy atom. The molecule has 2 aliphatic heterocycles. The highest BCUT2D eigenvalue weighted by Gasteiger charge is 2.97. The van der Waals surface area contributed by atoms with E-state index in [1.165, 1.54) is 13.8 Å². The molecule has 1 saturated carbocycles. The van der Waals surface area contributed by atoms with Gasteiger partial charge in [-0.25, -0.2) is 0 Å². The molecule has 4 N–H and O–H groups in total. The number of aliphatic hydroxyl groups is 4. The Morgan fingerprint density at radius 3 is 1.39 bits per heavy atom. The highest BCUT2D eigenvalue weighted by Crippen LogP contribution is 2.84. The van der Waals surface area contributed by atoms with E-state index in [1.807, 2.05) is 38.2 Å². The van der Waals surface area contributed by atoms with Crippen LogP contribution in [-0.4, -0.2) is 54.8 Å². The molecule has 3 aliphatic carbocycles. The first-order valence-corrected chi connectivity index (χ1v) is 12.7. The SMILES string of the molecule is C/C=C/CCC(=O)C1=C(O)[C@@]2(C)[C@H]3C(C(=O)CC/C=C/C)=C(O)[C@@]4(C)[C@H]1[C@]1(C)O[C@@]4(O)[C@@]3(C)O[C@@]12O. The van der Waals surface area contributed by atoms with Gasteiger partial charge in [-0.1, -0.05) is 24.3 Å². The largest absolute Gasteiger partial charge is 0.511 e. The lowest BCUT2D eigenvalue weighted by Crippen LogP contribution is -2.70. The normalized spacial score (nSPS) is 48.3. The fraction of sp³-hybridized carbons (Fsp3) is 0.643. The van der Waals surface area contributed by atoms with Crippen LogP contribution < -0.4 is 0 Å². The lowest BCUT2D eigenvalue weighted by atomic mass is 9.42. The van der Waals surface area contributed by atoms with Crippen LogP contribution in [0.2, 0.25) is 0 Å². The molecule has 8 bridgehead atoms. The summed E-state index contributed by atoms with van der Waals surface area (Å²) in [4.78, 5) is 27.3. The molecular weight excluding hydrogens is 464 g/mol. The number of allylic oxidation sites excluding steroid dienone is 4. The van der Waals surface area contributed by atoms with E-state index in [0.29, 0.717) is 12.8 Å². The minimum atomic E-state index is -2.18. The van der Waals surface area contributed by atoms with E-state index >= 15 is 0 Å². The van der Waals surface area contributed by atoms with Crippen molar-refractivity contribution < 1.29 is 39.5 Å². The summed E-state index contributed by atoms with van der Waals surface area (Å²) in [7, 11) is 0. The number of Topliss-reactive ketones (excluding diaryl/α,β-unsaturated/α-hetero) is 2. The zero-order valence-electron chi connectivity index (χ0n) is 21.7. The second kappa shape index (κ2) is 7.19. The van der Waals surface area contributed by atoms with Crippen molar-refractivity contribution in [3.05, 3.63) is 47.0 Å². The van der Waals surface area contributed by atoms with Crippen LogP contribution in [0.3, 0.4) is 0 Å². The van der Waals surface area contributed by atoms with E-state index in [1.54, 1.807) is 13.8 Å². The molecule has 8 nitrogen and oxygen atoms in total. The molecule has 0 unspecified atom stereocenters. The van der Waals surface area contributed by atoms with Crippen LogP contribution >= 0.6 is 0 Å². The van der Waals surface area contributed by atoms with Gasteiger partial charge in [0.25, 0.3) is 0 Å². The van der Waals surface area contributed by atoms with Crippen LogP contribution in [-0.2, 0) is 19.1 Å². The number of aliphatic hydroxyl groups excluding tert-OH is 2. The molecule has 2 saturated heterocycles. The highest BCUT2D eigenvalue weighted by molar-refractivity contribution is 6.01. The number of carbonyl (C=O) groups is 2. The number of rotatable bonds is 8. The molecule has 0 aromatic carbocycles. The molecule has 8 atom stereocenters. The van der Waals surface area contributed by atoms with Crippen molar-refractivity contribution in [2.45, 2.75) is 90.0 Å². The lowest BCUT2D eigenvalue weighted by molar-refractivity contribution is -0.452. The Bertz CT molecular complexity index is 1100. The predicted molar refractivity (Wildman–Crippen MR) is 129 cm³/mol. The first-order valence-electron chi connectivity index (χ1n) is 12.7. The van der Waals surface area contributed by atoms with Gasteiger partial charge in [0.1, 0.15) is 22.7 Å². The maximum absolute atomic E-state index is 13.6. The average molecular weight is 501 g/mol. The third-order valence-electron chi connectivity index (χ3n) is 9.95. The smallest absolute Gasteiger partial charge is 0.209 e. The molecule has 0 aromatic rings. The van der Waals surface area contributed by atoms with E-state index in [2.05, 4.69) is 0 Å². The maximum Gasteiger partial charge on any atom is 0.209 e. The summed E-state index contributed by atoms with van der Waals surface area (Å²) < 4.78 is 12.6. The second-order valence-corrected chi connectivity index (χ2v) is 11.6. The van der Waals surface area contributed by atoms with Crippen LogP contribution in [0.25, 0.3) is 0 Å². The van der Waals surface area contributed by atoms with Gasteiger partial charge in [0.15, 0.2) is 11.6 Å². The molecule has 5 aliphatic rings. The van der Waals surface area contributed by atoms with Gasteiger partial charge in [0, 0.05) is 35.8 Å². The quantitative estimate of drug-likeness (QED) is 0.371. The highest BCUT2D eigenvalue weighted by atomic mass is 16.8. The Morgan fingerprint density at radius 2 is 1.08 bits per heavy atom. The number of hydrogen-bond donors (Lipinski definition) is 4. The minimum absolute atomic E-state index is 0.0112. The van der Waals surface area contributed by atoms with E-state index in [9.17, 15) is 30.0 Å². The van der Waals surface area contributed by atoms with Crippen molar-refractivity contribution in [3.8, 4) is 0 Å². The van der Waals surface area contributed by atoms with Crippen molar-refractivity contribution in [2.24, 2.45) is 22.7 Å². The Hall–Kier alpha value is -2.26. The number of ketones is 2. The maximum atomic E-state index is 13.6. The third-order valence-corrected chi connectivity index (χ3v) is 9.95. The monoisotopic (exact) mass is 500 g/mol. The van der Waals surface area contributed by atoms with E-state index in [4.69, 9.17) is 9.47 Å². The van der Waals surface area contributed by atoms with Gasteiger partial charge in [-0.05, 0) is 54.4 Å². The van der Waals surface area contributed by atoms with E-state index in [-0.39, 0.29) is 47.1 Å². The topological polar surface area (TPSA) is 134 Å². The van der Waals surface area contributed by atoms with Crippen LogP contribution in [0, 0.1) is 22.7 Å². The summed E-state index contributed by atoms with van der Waals surface area (Å²) in [6.45, 7) is 9.84. The zero-order valence-corrected chi connectivity index (χ0v) is 21.7. The van der Waals surface area contributed by atoms with Crippen LogP contribution in [0.15, 0.2) is 47.0 Å². The van der Waals surface area contributed by atoms with Crippen molar-refractivity contribution in [3.63, 3.8) is 0 Å². The predicted octanol–water partition coefficient (Wildman–Crippen LogP) is 3.70. The Kier molecular flexibility index (Phi) is 5.07. The zero-order chi connectivity index (χ0) is 26.7. The molecule has 0 spiro atoms. The molecule has 3 fully saturated rings. The van der Waals surface area contributed by atoms with E-state index < -0.39 is 45.4 Å². The standard InChI is InChI=1S/C28H36O8/c1-7-9-11-13-15(29)17-19-23(3)22(32)18(16(30)14-12-10-8-2)20-24(4,21(17)31)28(34)25(19,5)35-27(23,33)26(20,6)36-28/h7-10,19-20,31-34H,11-14H2,1-6H3/b9-7+,10-8+/t19-,20+,23-,24-,25+,26+,27-,28-/m1/s1. The molecule has 8 heteroatoms. The first kappa shape index (κ1) is 25.4. The summed E-state index contributed by atoms with van der Waals surface area (Å²) in [5, 5.41) is 48.1. The molecule has 2 heterocycles. The summed E-state index contributed by atoms with van der Waals surface area (Å²) >= 11 is 0. The number of carbonyl (C=O) groups excluding carboxylic acids is 2. The third kappa shape index (κ3) is 2.24. The molecule has 0 radical (unpaired) electrons. The van der Waals surface area contributed by atoms with Gasteiger partial charge in [-0.15, -0.1) is 0 Å². The van der Waals surface area contributed by atoms with Crippen molar-refractivity contribution >= 4 is 11.6 Å². The van der Waals surface area contributed by atoms with Crippen LogP contribution in [0.5, 0.6) is 0 Å². The van der Waals surface area contributed by atoms with Crippen LogP contribution in [0.1, 0.15) is 67.2 Å². The average Bonchev–Trinajstić information content (AvgIpc) is 3.12. The Balaban J connectivity index is 1.83. The molecule has 5 rings (SSSR count). The molecule has 0 amide bonds. The first-order chi connectivity index (χ1) is 16.7. The van der Waals surface area contributed by atoms with Gasteiger partial charge in [-0.3, -0.25) is 9.59 Å². The summed E-state index contributed by atoms with van der Waals surface area (Å²) in [5.41, 5.74) is -6.85. The van der Waals surface area contributed by atoms with Gasteiger partial charge < -0.3 is 29.9 Å². The fourth-order valence-electron chi connectivity index (χ4n) is 8.37. The summed E-state index contributed by atoms with van der Waals surface area (Å²) in [5.74, 6) is -8.17. The van der Waals surface area contributed by atoms with Gasteiger partial charge in [0.2, 0.25) is 11.6 Å². The molecule has 196 valence electrons. The van der Waals surface area contributed by atoms with Crippen molar-refractivity contribution in [1.29, 1.82) is 0 Å². The van der Waals surface area contributed by atoms with Gasteiger partial charge in [0.05, 0.1) is 10.8 Å². The van der Waals surface area contributed by atoms with Crippen LogP contribution in [0.4, 0.5) is 0 Å². The number of hydrogen-bond acceptors (Lipinski definition) is 8. The molecule has 0 aromatic heterocycles. The number of ether oxygens (including phenoxy) is 2. The lowest BCUT2D eigenvalue weighted by Gasteiger charge is -2.58. The van der Waals surface area contributed by atoms with Gasteiger partial charge >= 0.3 is 0 Å². The van der Waals surface area contributed by atoms with Gasteiger partial charge in [-0.2, -0.15) is 0 Å². The molecular formula is C28H36O8. The van der Waals surface area contributed by atoms with E-state index in [0.717, 1.165) is 0 Å². The van der Waals surface area contributed by atoms with Crippen molar-refractivity contribution in [2.75, 3.05) is 0 Å². The fourth-order valence-corrected chi connectivity index (χ4v) is 8.37. The molecule has 36 heavy (non-hydrogen) atoms.